The minimum Gasteiger partial charge on any atom is -0.508 e. The van der Waals surface area contributed by atoms with Crippen molar-refractivity contribution < 1.29 is 9.90 Å². The van der Waals surface area contributed by atoms with E-state index in [0.29, 0.717) is 0 Å². The Balaban J connectivity index is 2.13. The lowest BCUT2D eigenvalue weighted by Gasteiger charge is -2.11. The Kier molecular flexibility index (Phi) is 3.21. The maximum Gasteiger partial charge on any atom is 0.253 e. The number of rotatable bonds is 3. The first kappa shape index (κ1) is 11.7. The highest BCUT2D eigenvalue weighted by Gasteiger charge is 2.32. The first-order chi connectivity index (χ1) is 8.11. The number of halogens is 1. The standard InChI is InChI=1S/C12H11ClN2O2/c13-10-4-3-8(16)5-9(10)12(17)15-11(6-14)7-1-2-7/h3-5,7,11,16H,1-2H2,(H,15,17). The molecule has 0 heterocycles. The maximum atomic E-state index is 11.9. The minimum absolute atomic E-state index is 0.0283. The molecule has 0 bridgehead atoms. The number of aromatic hydroxyl groups is 1. The molecule has 1 aromatic rings. The normalized spacial score (nSPS) is 16.0. The van der Waals surface area contributed by atoms with Crippen LogP contribution in [0, 0.1) is 17.2 Å². The van der Waals surface area contributed by atoms with Crippen LogP contribution < -0.4 is 5.32 Å². The van der Waals surface area contributed by atoms with E-state index in [0.717, 1.165) is 12.8 Å². The number of nitrogens with one attached hydrogen (secondary N) is 1. The molecule has 1 unspecified atom stereocenters. The number of phenols is 1. The topological polar surface area (TPSA) is 73.1 Å². The van der Waals surface area contributed by atoms with Crippen LogP contribution in [-0.2, 0) is 0 Å². The highest BCUT2D eigenvalue weighted by atomic mass is 35.5. The van der Waals surface area contributed by atoms with Gasteiger partial charge in [-0.3, -0.25) is 4.79 Å². The zero-order chi connectivity index (χ0) is 12.4. The van der Waals surface area contributed by atoms with E-state index in [1.807, 2.05) is 0 Å². The summed E-state index contributed by atoms with van der Waals surface area (Å²) in [5.41, 5.74) is 0.188. The lowest BCUT2D eigenvalue weighted by Crippen LogP contribution is -2.35. The van der Waals surface area contributed by atoms with Crippen molar-refractivity contribution in [2.75, 3.05) is 0 Å². The van der Waals surface area contributed by atoms with Crippen molar-refractivity contribution in [3.05, 3.63) is 28.8 Å². The third kappa shape index (κ3) is 2.69. The van der Waals surface area contributed by atoms with Crippen molar-refractivity contribution >= 4 is 17.5 Å². The molecular formula is C12H11ClN2O2. The van der Waals surface area contributed by atoms with E-state index in [2.05, 4.69) is 11.4 Å². The minimum atomic E-state index is -0.471. The number of carbonyl (C=O) groups excluding carboxylic acids is 1. The first-order valence-corrected chi connectivity index (χ1v) is 5.68. The Hall–Kier alpha value is -1.73. The molecule has 1 aliphatic carbocycles. The molecule has 2 N–H and O–H groups in total. The zero-order valence-corrected chi connectivity index (χ0v) is 9.74. The van der Waals surface area contributed by atoms with Crippen LogP contribution in [0.25, 0.3) is 0 Å². The fraction of sp³-hybridized carbons (Fsp3) is 0.333. The molecule has 5 heteroatoms. The fourth-order valence-electron chi connectivity index (χ4n) is 1.59. The number of nitrogens with zero attached hydrogens (tertiary/aromatic N) is 1. The van der Waals surface area contributed by atoms with E-state index in [9.17, 15) is 9.90 Å². The van der Waals surface area contributed by atoms with Crippen LogP contribution in [0.1, 0.15) is 23.2 Å². The number of hydrogen-bond acceptors (Lipinski definition) is 3. The van der Waals surface area contributed by atoms with Gasteiger partial charge in [0.1, 0.15) is 11.8 Å². The summed E-state index contributed by atoms with van der Waals surface area (Å²) in [5.74, 6) is -0.205. The smallest absolute Gasteiger partial charge is 0.253 e. The second kappa shape index (κ2) is 4.64. The molecule has 88 valence electrons. The van der Waals surface area contributed by atoms with Crippen molar-refractivity contribution in [1.82, 2.24) is 5.32 Å². The SMILES string of the molecule is N#CC(NC(=O)c1cc(O)ccc1Cl)C1CC1. The van der Waals surface area contributed by atoms with Gasteiger partial charge in [-0.25, -0.2) is 0 Å². The van der Waals surface area contributed by atoms with Gasteiger partial charge in [0.05, 0.1) is 16.7 Å². The monoisotopic (exact) mass is 250 g/mol. The molecule has 1 aromatic carbocycles. The molecule has 4 nitrogen and oxygen atoms in total. The molecule has 1 atom stereocenters. The number of nitriles is 1. The van der Waals surface area contributed by atoms with Gasteiger partial charge >= 0.3 is 0 Å². The van der Waals surface area contributed by atoms with Gasteiger partial charge in [-0.2, -0.15) is 5.26 Å². The van der Waals surface area contributed by atoms with Gasteiger partial charge in [0.15, 0.2) is 0 Å². The van der Waals surface area contributed by atoms with Gasteiger partial charge in [0.2, 0.25) is 0 Å². The number of benzene rings is 1. The second-order valence-electron chi connectivity index (χ2n) is 4.08. The van der Waals surface area contributed by atoms with Crippen LogP contribution in [0.5, 0.6) is 5.75 Å². The van der Waals surface area contributed by atoms with E-state index < -0.39 is 11.9 Å². The third-order valence-corrected chi connectivity index (χ3v) is 3.04. The molecule has 2 rings (SSSR count). The van der Waals surface area contributed by atoms with Crippen molar-refractivity contribution in [3.63, 3.8) is 0 Å². The Morgan fingerprint density at radius 2 is 2.29 bits per heavy atom. The lowest BCUT2D eigenvalue weighted by atomic mass is 10.1. The van der Waals surface area contributed by atoms with Crippen LogP contribution in [-0.4, -0.2) is 17.1 Å². The average Bonchev–Trinajstić information content (AvgIpc) is 3.13. The Labute approximate surface area is 104 Å². The molecule has 17 heavy (non-hydrogen) atoms. The predicted octanol–water partition coefficient (Wildman–Crippen LogP) is 2.08. The summed E-state index contributed by atoms with van der Waals surface area (Å²) in [5, 5.41) is 21.1. The van der Waals surface area contributed by atoms with Crippen LogP contribution in [0.2, 0.25) is 5.02 Å². The quantitative estimate of drug-likeness (QED) is 0.863. The molecule has 0 radical (unpaired) electrons. The van der Waals surface area contributed by atoms with Crippen molar-refractivity contribution in [2.45, 2.75) is 18.9 Å². The third-order valence-electron chi connectivity index (χ3n) is 2.71. The second-order valence-corrected chi connectivity index (χ2v) is 4.49. The van der Waals surface area contributed by atoms with Crippen LogP contribution >= 0.6 is 11.6 Å². The molecule has 1 amide bonds. The number of carbonyl (C=O) groups is 1. The van der Waals surface area contributed by atoms with E-state index in [1.54, 1.807) is 0 Å². The van der Waals surface area contributed by atoms with E-state index in [-0.39, 0.29) is 22.3 Å². The van der Waals surface area contributed by atoms with Crippen LogP contribution in [0.15, 0.2) is 18.2 Å². The summed E-state index contributed by atoms with van der Waals surface area (Å²) in [6, 6.07) is 5.73. The Morgan fingerprint density at radius 3 is 2.88 bits per heavy atom. The fourth-order valence-corrected chi connectivity index (χ4v) is 1.79. The van der Waals surface area contributed by atoms with Crippen molar-refractivity contribution in [2.24, 2.45) is 5.92 Å². The van der Waals surface area contributed by atoms with Crippen molar-refractivity contribution in [3.8, 4) is 11.8 Å². The number of hydrogen-bond donors (Lipinski definition) is 2. The van der Waals surface area contributed by atoms with E-state index in [1.165, 1.54) is 18.2 Å². The van der Waals surface area contributed by atoms with E-state index >= 15 is 0 Å². The molecule has 0 spiro atoms. The van der Waals surface area contributed by atoms with Gasteiger partial charge in [-0.15, -0.1) is 0 Å². The maximum absolute atomic E-state index is 11.9. The average molecular weight is 251 g/mol. The van der Waals surface area contributed by atoms with Crippen LogP contribution in [0.3, 0.4) is 0 Å². The molecular weight excluding hydrogens is 240 g/mol. The summed E-state index contributed by atoms with van der Waals surface area (Å²) in [6.45, 7) is 0. The summed E-state index contributed by atoms with van der Waals surface area (Å²) < 4.78 is 0. The van der Waals surface area contributed by atoms with Gasteiger partial charge in [0.25, 0.3) is 5.91 Å². The Morgan fingerprint density at radius 1 is 1.59 bits per heavy atom. The number of amides is 1. The lowest BCUT2D eigenvalue weighted by molar-refractivity contribution is 0.0941. The van der Waals surface area contributed by atoms with Gasteiger partial charge in [0, 0.05) is 0 Å². The molecule has 0 saturated heterocycles. The summed E-state index contributed by atoms with van der Waals surface area (Å²) in [6.07, 6.45) is 1.93. The van der Waals surface area contributed by atoms with E-state index in [4.69, 9.17) is 16.9 Å². The van der Waals surface area contributed by atoms with Gasteiger partial charge < -0.3 is 10.4 Å². The predicted molar refractivity (Wildman–Crippen MR) is 62.7 cm³/mol. The summed E-state index contributed by atoms with van der Waals surface area (Å²) in [7, 11) is 0. The van der Waals surface area contributed by atoms with Gasteiger partial charge in [-0.1, -0.05) is 11.6 Å². The number of phenolic OH excluding ortho intramolecular Hbond substituents is 1. The molecule has 0 aliphatic heterocycles. The Bertz CT molecular complexity index is 492. The van der Waals surface area contributed by atoms with Crippen molar-refractivity contribution in [1.29, 1.82) is 5.26 Å². The zero-order valence-electron chi connectivity index (χ0n) is 8.98. The van der Waals surface area contributed by atoms with Gasteiger partial charge in [-0.05, 0) is 37.0 Å². The molecule has 1 aliphatic rings. The van der Waals surface area contributed by atoms with Crippen LogP contribution in [0.4, 0.5) is 0 Å². The summed E-state index contributed by atoms with van der Waals surface area (Å²) >= 11 is 5.86. The molecule has 1 saturated carbocycles. The first-order valence-electron chi connectivity index (χ1n) is 5.31. The molecule has 0 aromatic heterocycles. The summed E-state index contributed by atoms with van der Waals surface area (Å²) in [4.78, 5) is 11.9. The highest BCUT2D eigenvalue weighted by molar-refractivity contribution is 6.33. The largest absolute Gasteiger partial charge is 0.508 e. The highest BCUT2D eigenvalue weighted by Crippen LogP contribution is 2.32. The molecule has 1 fully saturated rings.